The molecule has 0 spiro atoms. The number of nitrogens with one attached hydrogen (secondary N) is 1. The summed E-state index contributed by atoms with van der Waals surface area (Å²) in [6.07, 6.45) is -2.44. The van der Waals surface area contributed by atoms with Crippen molar-refractivity contribution in [3.63, 3.8) is 0 Å². The standard InChI is InChI=1S/C12H12N4O4/c13-16-14-5-10(17)11(18)6-1-2-8-7(3-6)4-9(15-8)12(19)20/h1-4,10-11,15,17-18H,5H2,(H,19,20). The maximum atomic E-state index is 10.8. The second-order valence-corrected chi connectivity index (χ2v) is 4.26. The molecule has 2 aromatic rings. The molecule has 0 fully saturated rings. The van der Waals surface area contributed by atoms with E-state index >= 15 is 0 Å². The third-order valence-corrected chi connectivity index (χ3v) is 2.91. The van der Waals surface area contributed by atoms with Gasteiger partial charge in [0.2, 0.25) is 0 Å². The van der Waals surface area contributed by atoms with Gasteiger partial charge in [-0.1, -0.05) is 11.2 Å². The van der Waals surface area contributed by atoms with Crippen LogP contribution in [0.3, 0.4) is 0 Å². The summed E-state index contributed by atoms with van der Waals surface area (Å²) in [6, 6.07) is 6.19. The fourth-order valence-electron chi connectivity index (χ4n) is 1.89. The molecule has 2 rings (SSSR count). The molecule has 4 N–H and O–H groups in total. The number of carbonyl (C=O) groups is 1. The number of aromatic nitrogens is 1. The third-order valence-electron chi connectivity index (χ3n) is 2.91. The van der Waals surface area contributed by atoms with Gasteiger partial charge in [0.25, 0.3) is 0 Å². The fraction of sp³-hybridized carbons (Fsp3) is 0.250. The summed E-state index contributed by atoms with van der Waals surface area (Å²) in [5.74, 6) is -1.08. The third kappa shape index (κ3) is 2.72. The average Bonchev–Trinajstić information content (AvgIpc) is 2.87. The van der Waals surface area contributed by atoms with Crippen LogP contribution in [0.1, 0.15) is 22.2 Å². The molecule has 0 bridgehead atoms. The first kappa shape index (κ1) is 13.9. The Balaban J connectivity index is 2.30. The number of H-pyrrole nitrogens is 1. The number of fused-ring (bicyclic) bond motifs is 1. The van der Waals surface area contributed by atoms with Crippen LogP contribution in [-0.2, 0) is 0 Å². The zero-order chi connectivity index (χ0) is 14.7. The molecule has 0 aliphatic rings. The van der Waals surface area contributed by atoms with E-state index in [-0.39, 0.29) is 12.2 Å². The van der Waals surface area contributed by atoms with Crippen molar-refractivity contribution in [1.82, 2.24) is 4.98 Å². The Morgan fingerprint density at radius 1 is 1.40 bits per heavy atom. The van der Waals surface area contributed by atoms with Gasteiger partial charge in [0.05, 0.1) is 12.6 Å². The molecule has 0 saturated heterocycles. The normalized spacial score (nSPS) is 13.7. The van der Waals surface area contributed by atoms with E-state index in [1.54, 1.807) is 18.2 Å². The van der Waals surface area contributed by atoms with Gasteiger partial charge >= 0.3 is 5.97 Å². The molecule has 2 unspecified atom stereocenters. The molecule has 8 heteroatoms. The van der Waals surface area contributed by atoms with Gasteiger partial charge in [-0.25, -0.2) is 4.79 Å². The highest BCUT2D eigenvalue weighted by molar-refractivity contribution is 5.93. The second kappa shape index (κ2) is 5.62. The number of nitrogens with zero attached hydrogens (tertiary/aromatic N) is 3. The molecule has 20 heavy (non-hydrogen) atoms. The second-order valence-electron chi connectivity index (χ2n) is 4.26. The van der Waals surface area contributed by atoms with Crippen molar-refractivity contribution in [2.24, 2.45) is 5.11 Å². The van der Waals surface area contributed by atoms with Gasteiger partial charge in [-0.05, 0) is 29.3 Å². The van der Waals surface area contributed by atoms with Crippen LogP contribution in [0, 0.1) is 0 Å². The van der Waals surface area contributed by atoms with Crippen LogP contribution in [-0.4, -0.2) is 38.9 Å². The summed E-state index contributed by atoms with van der Waals surface area (Å²) in [7, 11) is 0. The van der Waals surface area contributed by atoms with Gasteiger partial charge in [0.15, 0.2) is 0 Å². The van der Waals surface area contributed by atoms with Crippen molar-refractivity contribution in [3.05, 3.63) is 46.0 Å². The van der Waals surface area contributed by atoms with Crippen molar-refractivity contribution in [1.29, 1.82) is 0 Å². The van der Waals surface area contributed by atoms with Gasteiger partial charge in [-0.3, -0.25) is 0 Å². The number of hydrogen-bond donors (Lipinski definition) is 4. The zero-order valence-electron chi connectivity index (χ0n) is 10.3. The van der Waals surface area contributed by atoms with E-state index in [0.29, 0.717) is 16.5 Å². The Kier molecular flexibility index (Phi) is 3.90. The monoisotopic (exact) mass is 276 g/mol. The van der Waals surface area contributed by atoms with E-state index in [9.17, 15) is 15.0 Å². The molecule has 1 aromatic carbocycles. The lowest BCUT2D eigenvalue weighted by atomic mass is 10.0. The van der Waals surface area contributed by atoms with Crippen LogP contribution in [0.4, 0.5) is 0 Å². The zero-order valence-corrected chi connectivity index (χ0v) is 10.3. The van der Waals surface area contributed by atoms with Crippen molar-refractivity contribution in [2.45, 2.75) is 12.2 Å². The summed E-state index contributed by atoms with van der Waals surface area (Å²) in [5, 5.41) is 32.3. The molecule has 0 radical (unpaired) electrons. The van der Waals surface area contributed by atoms with Gasteiger partial charge in [-0.2, -0.15) is 0 Å². The van der Waals surface area contributed by atoms with E-state index in [4.69, 9.17) is 10.6 Å². The van der Waals surface area contributed by atoms with Crippen LogP contribution in [0.2, 0.25) is 0 Å². The number of aromatic carboxylic acids is 1. The first-order valence-corrected chi connectivity index (χ1v) is 5.76. The van der Waals surface area contributed by atoms with Crippen molar-refractivity contribution >= 4 is 16.9 Å². The molecular formula is C12H12N4O4. The van der Waals surface area contributed by atoms with Gasteiger partial charge < -0.3 is 20.3 Å². The van der Waals surface area contributed by atoms with Crippen molar-refractivity contribution in [3.8, 4) is 0 Å². The summed E-state index contributed by atoms with van der Waals surface area (Å²) in [5.41, 5.74) is 9.24. The Morgan fingerprint density at radius 2 is 2.15 bits per heavy atom. The quantitative estimate of drug-likeness (QED) is 0.373. The van der Waals surface area contributed by atoms with E-state index in [0.717, 1.165) is 0 Å². The smallest absolute Gasteiger partial charge is 0.352 e. The number of azide groups is 1. The SMILES string of the molecule is [N-]=[N+]=NCC(O)C(O)c1ccc2[nH]c(C(=O)O)cc2c1. The lowest BCUT2D eigenvalue weighted by Gasteiger charge is -2.16. The Bertz CT molecular complexity index is 690. The first-order chi connectivity index (χ1) is 9.52. The minimum Gasteiger partial charge on any atom is -0.477 e. The molecule has 0 amide bonds. The number of carboxylic acid groups (broad SMARTS) is 1. The van der Waals surface area contributed by atoms with Crippen molar-refractivity contribution < 1.29 is 20.1 Å². The van der Waals surface area contributed by atoms with Crippen molar-refractivity contribution in [2.75, 3.05) is 6.54 Å². The number of carboxylic acids is 1. The van der Waals surface area contributed by atoms with Crippen LogP contribution >= 0.6 is 0 Å². The van der Waals surface area contributed by atoms with Crippen LogP contribution < -0.4 is 0 Å². The molecule has 8 nitrogen and oxygen atoms in total. The summed E-state index contributed by atoms with van der Waals surface area (Å²) < 4.78 is 0. The highest BCUT2D eigenvalue weighted by atomic mass is 16.4. The number of aliphatic hydroxyl groups is 2. The van der Waals surface area contributed by atoms with Gasteiger partial charge in [-0.15, -0.1) is 0 Å². The molecular weight excluding hydrogens is 264 g/mol. The number of aliphatic hydroxyl groups excluding tert-OH is 2. The number of hydrogen-bond acceptors (Lipinski definition) is 4. The summed E-state index contributed by atoms with van der Waals surface area (Å²) >= 11 is 0. The lowest BCUT2D eigenvalue weighted by molar-refractivity contribution is 0.0245. The van der Waals surface area contributed by atoms with E-state index in [1.807, 2.05) is 0 Å². The largest absolute Gasteiger partial charge is 0.477 e. The predicted octanol–water partition coefficient (Wildman–Crippen LogP) is 1.57. The lowest BCUT2D eigenvalue weighted by Crippen LogP contribution is -2.21. The summed E-state index contributed by atoms with van der Waals surface area (Å²) in [6.45, 7) is -0.247. The van der Waals surface area contributed by atoms with E-state index < -0.39 is 18.2 Å². The van der Waals surface area contributed by atoms with Gasteiger partial charge in [0, 0.05) is 15.8 Å². The van der Waals surface area contributed by atoms with Crippen LogP contribution in [0.25, 0.3) is 21.3 Å². The first-order valence-electron chi connectivity index (χ1n) is 5.76. The topological polar surface area (TPSA) is 142 Å². The van der Waals surface area contributed by atoms with E-state index in [2.05, 4.69) is 15.0 Å². The molecule has 0 saturated carbocycles. The molecule has 1 heterocycles. The minimum atomic E-state index is -1.22. The van der Waals surface area contributed by atoms with Crippen LogP contribution in [0.15, 0.2) is 29.4 Å². The maximum Gasteiger partial charge on any atom is 0.352 e. The summed E-state index contributed by atoms with van der Waals surface area (Å²) in [4.78, 5) is 16.1. The predicted molar refractivity (Wildman–Crippen MR) is 70.2 cm³/mol. The number of aromatic amines is 1. The van der Waals surface area contributed by atoms with Gasteiger partial charge in [0.1, 0.15) is 11.8 Å². The average molecular weight is 276 g/mol. The molecule has 0 aliphatic carbocycles. The number of rotatable bonds is 5. The molecule has 0 aliphatic heterocycles. The van der Waals surface area contributed by atoms with E-state index in [1.165, 1.54) is 6.07 Å². The minimum absolute atomic E-state index is 0.0428. The maximum absolute atomic E-state index is 10.8. The molecule has 2 atom stereocenters. The Labute approximate surface area is 112 Å². The Morgan fingerprint density at radius 3 is 2.80 bits per heavy atom. The highest BCUT2D eigenvalue weighted by Gasteiger charge is 2.18. The highest BCUT2D eigenvalue weighted by Crippen LogP contribution is 2.23. The van der Waals surface area contributed by atoms with Crippen LogP contribution in [0.5, 0.6) is 0 Å². The molecule has 104 valence electrons. The Hall–Kier alpha value is -2.54. The molecule has 1 aromatic heterocycles. The fourth-order valence-corrected chi connectivity index (χ4v) is 1.89. The number of benzene rings is 1.